The SMILES string of the molecule is Cc1cc(C)c(C(=O)Pc2cc(C(C)C)ccc2C(C)C)c(C)c1.[H-].[Li+]. The van der Waals surface area contributed by atoms with Crippen LogP contribution in [0.3, 0.4) is 0 Å². The number of hydrogen-bond donors (Lipinski definition) is 0. The van der Waals surface area contributed by atoms with Crippen molar-refractivity contribution in [3.8, 4) is 0 Å². The maximum absolute atomic E-state index is 13.0. The Morgan fingerprint density at radius 1 is 0.920 bits per heavy atom. The van der Waals surface area contributed by atoms with E-state index >= 15 is 0 Å². The molecule has 0 saturated carbocycles. The van der Waals surface area contributed by atoms with E-state index in [1.54, 1.807) is 0 Å². The van der Waals surface area contributed by atoms with Gasteiger partial charge in [-0.25, -0.2) is 0 Å². The Morgan fingerprint density at radius 2 is 1.48 bits per heavy atom. The molecule has 25 heavy (non-hydrogen) atoms. The van der Waals surface area contributed by atoms with Gasteiger partial charge in [0.25, 0.3) is 0 Å². The minimum absolute atomic E-state index is 0. The Kier molecular flexibility index (Phi) is 8.15. The summed E-state index contributed by atoms with van der Waals surface area (Å²) in [4.78, 5) is 13.0. The molecule has 0 aliphatic rings. The predicted octanol–water partition coefficient (Wildman–Crippen LogP) is 3.12. The Bertz CT molecular complexity index is 746. The predicted molar refractivity (Wildman–Crippen MR) is 109 cm³/mol. The van der Waals surface area contributed by atoms with Crippen LogP contribution in [-0.2, 0) is 0 Å². The standard InChI is InChI=1S/C22H29OP.Li.H/c1-13(2)18-8-9-19(14(3)4)20(12-18)24-22(23)21-16(6)10-15(5)11-17(21)7;;/h8-14,24H,1-7H3;;/q;+1;-1. The number of benzene rings is 2. The van der Waals surface area contributed by atoms with Crippen LogP contribution in [0, 0.1) is 20.8 Å². The molecule has 0 radical (unpaired) electrons. The van der Waals surface area contributed by atoms with Crippen molar-refractivity contribution in [3.05, 3.63) is 63.7 Å². The normalized spacial score (nSPS) is 11.4. The van der Waals surface area contributed by atoms with E-state index in [4.69, 9.17) is 0 Å². The topological polar surface area (TPSA) is 17.1 Å². The molecule has 2 aromatic rings. The summed E-state index contributed by atoms with van der Waals surface area (Å²) in [5, 5.41) is 1.21. The molecule has 1 unspecified atom stereocenters. The van der Waals surface area contributed by atoms with Gasteiger partial charge in [0, 0.05) is 5.56 Å². The zero-order valence-corrected chi connectivity index (χ0v) is 17.9. The molecule has 0 spiro atoms. The van der Waals surface area contributed by atoms with E-state index in [1.807, 2.05) is 13.8 Å². The van der Waals surface area contributed by atoms with Gasteiger partial charge in [-0.2, -0.15) is 0 Å². The molecular formula is C22H30LiOP. The molecule has 0 bridgehead atoms. The average Bonchev–Trinajstić information content (AvgIpc) is 2.45. The van der Waals surface area contributed by atoms with Gasteiger partial charge in [0.1, 0.15) is 0 Å². The molecule has 0 aliphatic carbocycles. The number of rotatable bonds is 5. The fourth-order valence-electron chi connectivity index (χ4n) is 3.27. The first kappa shape index (κ1) is 22.2. The third kappa shape index (κ3) is 5.31. The van der Waals surface area contributed by atoms with Crippen molar-refractivity contribution in [1.82, 2.24) is 0 Å². The quantitative estimate of drug-likeness (QED) is 0.599. The van der Waals surface area contributed by atoms with Crippen LogP contribution in [0.1, 0.15) is 79.1 Å². The van der Waals surface area contributed by atoms with Crippen LogP contribution < -0.4 is 24.2 Å². The first-order valence-electron chi connectivity index (χ1n) is 8.73. The molecule has 0 aliphatic heterocycles. The Morgan fingerprint density at radius 3 is 1.96 bits per heavy atom. The fraction of sp³-hybridized carbons (Fsp3) is 0.409. The van der Waals surface area contributed by atoms with Crippen LogP contribution >= 0.6 is 8.58 Å². The summed E-state index contributed by atoms with van der Waals surface area (Å²) in [5.74, 6) is 0.912. The van der Waals surface area contributed by atoms with Crippen molar-refractivity contribution in [1.29, 1.82) is 0 Å². The second-order valence-corrected chi connectivity index (χ2v) is 8.63. The largest absolute Gasteiger partial charge is 1.00 e. The van der Waals surface area contributed by atoms with Gasteiger partial charge in [-0.05, 0) is 68.7 Å². The van der Waals surface area contributed by atoms with E-state index in [2.05, 4.69) is 65.0 Å². The summed E-state index contributed by atoms with van der Waals surface area (Å²) in [6.45, 7) is 15.0. The first-order chi connectivity index (χ1) is 11.2. The van der Waals surface area contributed by atoms with Crippen LogP contribution in [0.15, 0.2) is 30.3 Å². The third-order valence-corrected chi connectivity index (χ3v) is 5.70. The van der Waals surface area contributed by atoms with Crippen molar-refractivity contribution in [3.63, 3.8) is 0 Å². The molecule has 0 heterocycles. The van der Waals surface area contributed by atoms with Gasteiger partial charge in [-0.3, -0.25) is 4.79 Å². The monoisotopic (exact) mass is 348 g/mol. The van der Waals surface area contributed by atoms with Crippen LogP contribution in [0.25, 0.3) is 0 Å². The van der Waals surface area contributed by atoms with Crippen molar-refractivity contribution < 1.29 is 25.1 Å². The van der Waals surface area contributed by atoms with Crippen LogP contribution in [0.4, 0.5) is 0 Å². The Labute approximate surface area is 168 Å². The molecule has 0 N–H and O–H groups in total. The van der Waals surface area contributed by atoms with Crippen LogP contribution in [-0.4, -0.2) is 5.52 Å². The smallest absolute Gasteiger partial charge is 1.00 e. The number of hydrogen-bond acceptors (Lipinski definition) is 1. The van der Waals surface area contributed by atoms with Crippen molar-refractivity contribution in [2.75, 3.05) is 0 Å². The van der Waals surface area contributed by atoms with Gasteiger partial charge in [0.15, 0.2) is 5.52 Å². The summed E-state index contributed by atoms with van der Waals surface area (Å²) in [5.41, 5.74) is 7.18. The number of aryl methyl sites for hydroxylation is 3. The molecule has 3 heteroatoms. The van der Waals surface area contributed by atoms with E-state index in [0.29, 0.717) is 11.8 Å². The van der Waals surface area contributed by atoms with Crippen molar-refractivity contribution in [2.24, 2.45) is 0 Å². The van der Waals surface area contributed by atoms with Crippen LogP contribution in [0.5, 0.6) is 0 Å². The number of carbonyl (C=O) groups is 1. The molecule has 2 aromatic carbocycles. The molecule has 0 fully saturated rings. The second-order valence-electron chi connectivity index (χ2n) is 7.38. The van der Waals surface area contributed by atoms with Gasteiger partial charge >= 0.3 is 18.9 Å². The minimum Gasteiger partial charge on any atom is -1.00 e. The molecule has 130 valence electrons. The van der Waals surface area contributed by atoms with E-state index in [9.17, 15) is 4.79 Å². The fourth-order valence-corrected chi connectivity index (χ4v) is 4.79. The summed E-state index contributed by atoms with van der Waals surface area (Å²) in [6, 6.07) is 10.9. The third-order valence-electron chi connectivity index (χ3n) is 4.52. The summed E-state index contributed by atoms with van der Waals surface area (Å²) in [7, 11) is 0.187. The molecule has 1 nitrogen and oxygen atoms in total. The molecule has 0 aromatic heterocycles. The van der Waals surface area contributed by atoms with Crippen molar-refractivity contribution in [2.45, 2.75) is 60.3 Å². The first-order valence-corrected chi connectivity index (χ1v) is 9.73. The molecular weight excluding hydrogens is 318 g/mol. The second kappa shape index (κ2) is 9.18. The summed E-state index contributed by atoms with van der Waals surface area (Å²) < 4.78 is 0. The van der Waals surface area contributed by atoms with E-state index in [1.165, 1.54) is 22.0 Å². The Balaban J connectivity index is 0.00000312. The average molecular weight is 348 g/mol. The van der Waals surface area contributed by atoms with Crippen molar-refractivity contribution >= 4 is 19.4 Å². The van der Waals surface area contributed by atoms with E-state index < -0.39 is 0 Å². The van der Waals surface area contributed by atoms with Gasteiger partial charge in [0.05, 0.1) is 0 Å². The van der Waals surface area contributed by atoms with Gasteiger partial charge in [-0.15, -0.1) is 0 Å². The van der Waals surface area contributed by atoms with Gasteiger partial charge in [-0.1, -0.05) is 63.6 Å². The van der Waals surface area contributed by atoms with E-state index in [0.717, 1.165) is 16.7 Å². The Hall–Kier alpha value is -0.863. The zero-order valence-electron chi connectivity index (χ0n) is 17.9. The van der Waals surface area contributed by atoms with Gasteiger partial charge in [0.2, 0.25) is 0 Å². The molecule has 0 amide bonds. The van der Waals surface area contributed by atoms with Crippen LogP contribution in [0.2, 0.25) is 0 Å². The number of carbonyl (C=O) groups excluding carboxylic acids is 1. The zero-order chi connectivity index (χ0) is 18.0. The summed E-state index contributed by atoms with van der Waals surface area (Å²) >= 11 is 0. The maximum Gasteiger partial charge on any atom is 1.00 e. The summed E-state index contributed by atoms with van der Waals surface area (Å²) in [6.07, 6.45) is 0. The minimum atomic E-state index is 0. The molecule has 1 atom stereocenters. The maximum atomic E-state index is 13.0. The van der Waals surface area contributed by atoms with Gasteiger partial charge < -0.3 is 1.43 Å². The molecule has 0 saturated heterocycles. The van der Waals surface area contributed by atoms with E-state index in [-0.39, 0.29) is 34.4 Å². The molecule has 2 rings (SSSR count).